The van der Waals surface area contributed by atoms with E-state index in [4.69, 9.17) is 0 Å². The molecule has 1 aromatic rings. The monoisotopic (exact) mass is 387 g/mol. The third-order valence-corrected chi connectivity index (χ3v) is 4.46. The Hall–Kier alpha value is -2.20. The smallest absolute Gasteiger partial charge is 0.307 e. The molecule has 0 unspecified atom stereocenters. The van der Waals surface area contributed by atoms with E-state index in [0.717, 1.165) is 0 Å². The number of anilines is 1. The van der Waals surface area contributed by atoms with E-state index in [1.165, 1.54) is 31.4 Å². The van der Waals surface area contributed by atoms with Crippen molar-refractivity contribution in [3.05, 3.63) is 24.3 Å². The first kappa shape index (κ1) is 20.1. The summed E-state index contributed by atoms with van der Waals surface area (Å²) in [5.41, 5.74) is 0.458. The lowest BCUT2D eigenvalue weighted by Gasteiger charge is -2.33. The second kappa shape index (κ2) is 9.48. The summed E-state index contributed by atoms with van der Waals surface area (Å²) in [6.45, 7) is 0.719. The van der Waals surface area contributed by atoms with E-state index in [-0.39, 0.29) is 24.8 Å². The Balaban J connectivity index is 1.94. The molecule has 2 rings (SSSR count). The Morgan fingerprint density at radius 2 is 2.08 bits per heavy atom. The minimum Gasteiger partial charge on any atom is -0.469 e. The van der Waals surface area contributed by atoms with Gasteiger partial charge in [-0.25, -0.2) is 0 Å². The number of alkyl halides is 2. The summed E-state index contributed by atoms with van der Waals surface area (Å²) in [5, 5.41) is 5.30. The standard InChI is InChI=1S/C16H19F2N3O4S/c1-25-14(23)8-12-15(24)19-6-7-21(12)9-13(22)20-10-2-4-11(5-3-10)26-16(17)18/h2-5,12,16H,6-9H2,1H3,(H,19,24)(H,20,22)/t12-/m1/s1. The molecule has 1 saturated heterocycles. The van der Waals surface area contributed by atoms with Crippen molar-refractivity contribution in [3.63, 3.8) is 0 Å². The summed E-state index contributed by atoms with van der Waals surface area (Å²) in [6.07, 6.45) is -0.144. The van der Waals surface area contributed by atoms with Crippen LogP contribution in [-0.2, 0) is 19.1 Å². The van der Waals surface area contributed by atoms with E-state index in [9.17, 15) is 23.2 Å². The van der Waals surface area contributed by atoms with Gasteiger partial charge in [-0.05, 0) is 24.3 Å². The van der Waals surface area contributed by atoms with Crippen molar-refractivity contribution < 1.29 is 27.9 Å². The fourth-order valence-electron chi connectivity index (χ4n) is 2.52. The minimum atomic E-state index is -2.51. The molecule has 1 aromatic carbocycles. The first-order valence-corrected chi connectivity index (χ1v) is 8.70. The third kappa shape index (κ3) is 5.95. The number of carbonyl (C=O) groups excluding carboxylic acids is 3. The predicted octanol–water partition coefficient (Wildman–Crippen LogP) is 1.30. The fourth-order valence-corrected chi connectivity index (χ4v) is 3.02. The van der Waals surface area contributed by atoms with Crippen LogP contribution in [0.5, 0.6) is 0 Å². The van der Waals surface area contributed by atoms with Gasteiger partial charge in [-0.2, -0.15) is 8.78 Å². The van der Waals surface area contributed by atoms with E-state index < -0.39 is 17.8 Å². The number of ether oxygens (including phenoxy) is 1. The molecule has 1 heterocycles. The van der Waals surface area contributed by atoms with Gasteiger partial charge in [-0.15, -0.1) is 0 Å². The molecule has 0 aromatic heterocycles. The average molecular weight is 387 g/mol. The number of hydrogen-bond donors (Lipinski definition) is 2. The molecule has 0 bridgehead atoms. The van der Waals surface area contributed by atoms with Gasteiger partial charge in [0.2, 0.25) is 11.8 Å². The van der Waals surface area contributed by atoms with Crippen LogP contribution in [0, 0.1) is 0 Å². The molecule has 10 heteroatoms. The number of nitrogens with zero attached hydrogens (tertiary/aromatic N) is 1. The quantitative estimate of drug-likeness (QED) is 0.542. The number of thioether (sulfide) groups is 1. The fraction of sp³-hybridized carbons (Fsp3) is 0.438. The third-order valence-electron chi connectivity index (χ3n) is 3.74. The highest BCUT2D eigenvalue weighted by Crippen LogP contribution is 2.26. The topological polar surface area (TPSA) is 87.7 Å². The van der Waals surface area contributed by atoms with Crippen LogP contribution in [0.1, 0.15) is 6.42 Å². The van der Waals surface area contributed by atoms with Gasteiger partial charge >= 0.3 is 5.97 Å². The molecule has 0 saturated carbocycles. The number of benzene rings is 1. The number of amides is 2. The van der Waals surface area contributed by atoms with Crippen LogP contribution >= 0.6 is 11.8 Å². The average Bonchev–Trinajstić information content (AvgIpc) is 2.59. The van der Waals surface area contributed by atoms with Crippen molar-refractivity contribution in [1.82, 2.24) is 10.2 Å². The molecular weight excluding hydrogens is 368 g/mol. The number of rotatable bonds is 7. The molecular formula is C16H19F2N3O4S. The minimum absolute atomic E-state index is 0.0807. The summed E-state index contributed by atoms with van der Waals surface area (Å²) >= 11 is 0.420. The van der Waals surface area contributed by atoms with Gasteiger partial charge in [0, 0.05) is 23.7 Å². The van der Waals surface area contributed by atoms with Gasteiger partial charge in [0.25, 0.3) is 5.76 Å². The van der Waals surface area contributed by atoms with Gasteiger partial charge in [0.05, 0.1) is 20.1 Å². The first-order valence-electron chi connectivity index (χ1n) is 7.82. The van der Waals surface area contributed by atoms with Crippen molar-refractivity contribution in [2.75, 3.05) is 32.1 Å². The SMILES string of the molecule is COC(=O)C[C@@H]1C(=O)NCCN1CC(=O)Nc1ccc(SC(F)F)cc1. The number of methoxy groups -OCH3 is 1. The van der Waals surface area contributed by atoms with E-state index in [1.54, 1.807) is 4.90 Å². The Morgan fingerprint density at radius 1 is 1.38 bits per heavy atom. The number of carbonyl (C=O) groups is 3. The van der Waals surface area contributed by atoms with Gasteiger partial charge in [-0.3, -0.25) is 19.3 Å². The van der Waals surface area contributed by atoms with E-state index in [1.807, 2.05) is 0 Å². The number of hydrogen-bond acceptors (Lipinski definition) is 6. The molecule has 1 fully saturated rings. The summed E-state index contributed by atoms with van der Waals surface area (Å²) in [7, 11) is 1.23. The zero-order valence-corrected chi connectivity index (χ0v) is 14.9. The normalized spacial score (nSPS) is 17.7. The zero-order valence-electron chi connectivity index (χ0n) is 14.0. The molecule has 1 aliphatic rings. The number of nitrogens with one attached hydrogen (secondary N) is 2. The highest BCUT2D eigenvalue weighted by atomic mass is 32.2. The van der Waals surface area contributed by atoms with Crippen LogP contribution in [0.25, 0.3) is 0 Å². The van der Waals surface area contributed by atoms with Crippen LogP contribution in [0.3, 0.4) is 0 Å². The Kier molecular flexibility index (Phi) is 7.34. The molecule has 0 aliphatic carbocycles. The van der Waals surface area contributed by atoms with Gasteiger partial charge in [0.15, 0.2) is 0 Å². The zero-order chi connectivity index (χ0) is 19.1. The maximum absolute atomic E-state index is 12.3. The van der Waals surface area contributed by atoms with E-state index in [2.05, 4.69) is 15.4 Å². The lowest BCUT2D eigenvalue weighted by molar-refractivity contribution is -0.146. The second-order valence-corrected chi connectivity index (χ2v) is 6.57. The van der Waals surface area contributed by atoms with Crippen molar-refractivity contribution in [1.29, 1.82) is 0 Å². The molecule has 0 radical (unpaired) electrons. The first-order chi connectivity index (χ1) is 12.4. The van der Waals surface area contributed by atoms with Crippen LogP contribution in [0.4, 0.5) is 14.5 Å². The summed E-state index contributed by atoms with van der Waals surface area (Å²) in [6, 6.07) is 5.25. The maximum Gasteiger partial charge on any atom is 0.307 e. The maximum atomic E-state index is 12.3. The van der Waals surface area contributed by atoms with Crippen molar-refractivity contribution in [2.24, 2.45) is 0 Å². The predicted molar refractivity (Wildman–Crippen MR) is 91.9 cm³/mol. The largest absolute Gasteiger partial charge is 0.469 e. The molecule has 1 aliphatic heterocycles. The Bertz CT molecular complexity index is 657. The van der Waals surface area contributed by atoms with Crippen LogP contribution in [0.2, 0.25) is 0 Å². The number of esters is 1. The number of halogens is 2. The molecule has 26 heavy (non-hydrogen) atoms. The highest BCUT2D eigenvalue weighted by molar-refractivity contribution is 7.99. The number of piperazine rings is 1. The lowest BCUT2D eigenvalue weighted by atomic mass is 10.1. The molecule has 0 spiro atoms. The van der Waals surface area contributed by atoms with E-state index >= 15 is 0 Å². The van der Waals surface area contributed by atoms with Crippen LogP contribution in [0.15, 0.2) is 29.2 Å². The molecule has 7 nitrogen and oxygen atoms in total. The molecule has 2 amide bonds. The van der Waals surface area contributed by atoms with Gasteiger partial charge in [-0.1, -0.05) is 11.8 Å². The van der Waals surface area contributed by atoms with Crippen molar-refractivity contribution in [3.8, 4) is 0 Å². The van der Waals surface area contributed by atoms with Crippen LogP contribution in [-0.4, -0.2) is 61.2 Å². The molecule has 2 N–H and O–H groups in total. The van der Waals surface area contributed by atoms with Gasteiger partial charge in [0.1, 0.15) is 6.04 Å². The van der Waals surface area contributed by atoms with Crippen molar-refractivity contribution >= 4 is 35.2 Å². The highest BCUT2D eigenvalue weighted by Gasteiger charge is 2.33. The summed E-state index contributed by atoms with van der Waals surface area (Å²) in [5.74, 6) is -3.75. The van der Waals surface area contributed by atoms with E-state index in [0.29, 0.717) is 35.4 Å². The summed E-state index contributed by atoms with van der Waals surface area (Å²) in [4.78, 5) is 37.7. The lowest BCUT2D eigenvalue weighted by Crippen LogP contribution is -2.57. The second-order valence-electron chi connectivity index (χ2n) is 5.51. The van der Waals surface area contributed by atoms with Gasteiger partial charge < -0.3 is 15.4 Å². The molecule has 1 atom stereocenters. The van der Waals surface area contributed by atoms with Crippen molar-refractivity contribution in [2.45, 2.75) is 23.1 Å². The Labute approximate surface area is 153 Å². The summed E-state index contributed by atoms with van der Waals surface area (Å²) < 4.78 is 29.2. The molecule has 142 valence electrons. The Morgan fingerprint density at radius 3 is 2.69 bits per heavy atom. The van der Waals surface area contributed by atoms with Crippen LogP contribution < -0.4 is 10.6 Å².